The molecule has 1 aliphatic rings. The topological polar surface area (TPSA) is 115 Å². The zero-order valence-electron chi connectivity index (χ0n) is 10.6. The first-order valence-corrected chi connectivity index (χ1v) is 6.10. The van der Waals surface area contributed by atoms with E-state index in [0.29, 0.717) is 0 Å². The van der Waals surface area contributed by atoms with E-state index in [2.05, 4.69) is 0 Å². The molecule has 1 aliphatic carbocycles. The minimum atomic E-state index is -0.437. The maximum absolute atomic E-state index is 8.50. The third-order valence-electron chi connectivity index (χ3n) is 1.83. The van der Waals surface area contributed by atoms with Gasteiger partial charge in [-0.05, 0) is 0 Å². The molecule has 7 N–H and O–H groups in total. The quantitative estimate of drug-likeness (QED) is 0.326. The first-order chi connectivity index (χ1) is 6.46. The fourth-order valence-corrected chi connectivity index (χ4v) is 3.38. The van der Waals surface area contributed by atoms with Crippen molar-refractivity contribution >= 4 is 69.6 Å². The van der Waals surface area contributed by atoms with Crippen LogP contribution in [0.25, 0.3) is 0 Å². The SMILES string of the molecule is ClC1C(Cl)C(Cl)C(Cl)C(Cl)C1Cl.O.O.O.OF.[H-].[K+].[Ti]. The van der Waals surface area contributed by atoms with Crippen LogP contribution in [0.5, 0.6) is 0 Å². The molecule has 1 fully saturated rings. The normalized spacial score (nSPS) is 35.4. The monoisotopic (exact) mass is 466 g/mol. The first kappa shape index (κ1) is 38.4. The molecule has 0 bridgehead atoms. The average molecular weight is 469 g/mol. The molecule has 116 valence electrons. The Morgan fingerprint density at radius 1 is 0.579 bits per heavy atom. The van der Waals surface area contributed by atoms with Crippen LogP contribution < -0.4 is 51.4 Å². The van der Waals surface area contributed by atoms with Crippen molar-refractivity contribution in [3.05, 3.63) is 0 Å². The standard InChI is InChI=1S/C6H6Cl6.FHO.K.3H2O.Ti.H/c7-1-2(8)4(10)6(12)5(11)3(1)9;1-2;;;;;;/h1-6H;2H;;3*1H2;;/q;;+1;;;;;-1. The molecule has 0 heterocycles. The summed E-state index contributed by atoms with van der Waals surface area (Å²) in [5, 5.41) is 2.88. The second-order valence-electron chi connectivity index (χ2n) is 2.67. The predicted octanol–water partition coefficient (Wildman–Crippen LogP) is -1.85. The molecule has 0 saturated heterocycles. The third kappa shape index (κ3) is 11.1. The van der Waals surface area contributed by atoms with Crippen molar-refractivity contribution in [2.45, 2.75) is 32.3 Å². The Kier molecular flexibility index (Phi) is 40.3. The smallest absolute Gasteiger partial charge is 1.00 e. The van der Waals surface area contributed by atoms with Crippen LogP contribution in [-0.4, -0.2) is 54.0 Å². The molecular weight excluding hydrogens is 455 g/mol. The van der Waals surface area contributed by atoms with E-state index in [-0.39, 0.29) is 91.0 Å². The van der Waals surface area contributed by atoms with Crippen LogP contribution in [0.3, 0.4) is 0 Å². The van der Waals surface area contributed by atoms with Crippen LogP contribution in [0.4, 0.5) is 4.53 Å². The summed E-state index contributed by atoms with van der Waals surface area (Å²) in [5.41, 5.74) is 0. The summed E-state index contributed by atoms with van der Waals surface area (Å²) in [7, 11) is 0. The number of alkyl halides is 6. The maximum atomic E-state index is 8.50. The summed E-state index contributed by atoms with van der Waals surface area (Å²) in [4.78, 5) is 0. The Bertz CT molecular complexity index is 139. The molecule has 0 atom stereocenters. The van der Waals surface area contributed by atoms with E-state index in [1.807, 2.05) is 0 Å². The van der Waals surface area contributed by atoms with Gasteiger partial charge in [0.15, 0.2) is 0 Å². The molecule has 0 unspecified atom stereocenters. The Morgan fingerprint density at radius 2 is 0.632 bits per heavy atom. The molecule has 19 heavy (non-hydrogen) atoms. The van der Waals surface area contributed by atoms with Gasteiger partial charge in [-0.3, -0.25) is 0 Å². The van der Waals surface area contributed by atoms with E-state index >= 15 is 0 Å². The molecule has 0 amide bonds. The number of halogens is 7. The van der Waals surface area contributed by atoms with Crippen LogP contribution in [0.1, 0.15) is 1.43 Å². The van der Waals surface area contributed by atoms with Crippen LogP contribution in [0.15, 0.2) is 0 Å². The molecule has 0 radical (unpaired) electrons. The number of hydrogen-bond acceptors (Lipinski definition) is 1. The van der Waals surface area contributed by atoms with Crippen molar-refractivity contribution in [2.75, 3.05) is 0 Å². The van der Waals surface area contributed by atoms with Crippen molar-refractivity contribution in [2.24, 2.45) is 0 Å². The van der Waals surface area contributed by atoms with Gasteiger partial charge in [0, 0.05) is 21.7 Å². The van der Waals surface area contributed by atoms with Gasteiger partial charge in [-0.15, -0.1) is 69.6 Å². The summed E-state index contributed by atoms with van der Waals surface area (Å²) < 4.78 is 8.50. The molecule has 0 aromatic carbocycles. The number of hydrogen-bond donors (Lipinski definition) is 1. The second-order valence-corrected chi connectivity index (χ2v) is 5.69. The van der Waals surface area contributed by atoms with E-state index in [0.717, 1.165) is 0 Å². The van der Waals surface area contributed by atoms with Crippen molar-refractivity contribution < 1.29 is 101 Å². The Balaban J connectivity index is -0.0000000404. The molecule has 0 aliphatic heterocycles. The van der Waals surface area contributed by atoms with Crippen molar-refractivity contribution in [3.8, 4) is 0 Å². The molecule has 1 rings (SSSR count). The maximum Gasteiger partial charge on any atom is 1.00 e. The van der Waals surface area contributed by atoms with E-state index in [9.17, 15) is 0 Å². The predicted molar refractivity (Wildman–Crippen MR) is 73.1 cm³/mol. The minimum Gasteiger partial charge on any atom is -1.00 e. The summed E-state index contributed by atoms with van der Waals surface area (Å²) in [6, 6.07) is 0. The van der Waals surface area contributed by atoms with Gasteiger partial charge >= 0.3 is 51.4 Å². The zero-order valence-corrected chi connectivity index (χ0v) is 18.8. The van der Waals surface area contributed by atoms with Gasteiger partial charge in [0.2, 0.25) is 0 Å². The Labute approximate surface area is 199 Å². The zero-order chi connectivity index (χ0) is 11.5. The minimum absolute atomic E-state index is 0. The van der Waals surface area contributed by atoms with Gasteiger partial charge < -0.3 is 17.9 Å². The van der Waals surface area contributed by atoms with E-state index in [1.54, 1.807) is 0 Å². The van der Waals surface area contributed by atoms with E-state index in [1.165, 1.54) is 0 Å². The van der Waals surface area contributed by atoms with Crippen LogP contribution >= 0.6 is 69.6 Å². The third-order valence-corrected chi connectivity index (χ3v) is 5.86. The van der Waals surface area contributed by atoms with Crippen molar-refractivity contribution in [1.29, 1.82) is 0 Å². The summed E-state index contributed by atoms with van der Waals surface area (Å²) in [6.07, 6.45) is 0. The van der Waals surface area contributed by atoms with E-state index in [4.69, 9.17) is 79.4 Å². The molecule has 0 aromatic rings. The Morgan fingerprint density at radius 3 is 0.684 bits per heavy atom. The summed E-state index contributed by atoms with van der Waals surface area (Å²) in [6.45, 7) is 0. The molecule has 4 nitrogen and oxygen atoms in total. The van der Waals surface area contributed by atoms with Crippen LogP contribution in [-0.2, 0) is 21.7 Å². The summed E-state index contributed by atoms with van der Waals surface area (Å²) in [5.74, 6) is 0. The molecule has 0 spiro atoms. The molecule has 0 aromatic heterocycles. The van der Waals surface area contributed by atoms with Gasteiger partial charge in [0.1, 0.15) is 0 Å². The average Bonchev–Trinajstić information content (AvgIpc) is 2.24. The fourth-order valence-electron chi connectivity index (χ4n) is 1.05. The largest absolute Gasteiger partial charge is 1.00 e. The van der Waals surface area contributed by atoms with Gasteiger partial charge in [0.05, 0.1) is 32.3 Å². The van der Waals surface area contributed by atoms with Crippen molar-refractivity contribution in [1.82, 2.24) is 0 Å². The second kappa shape index (κ2) is 19.9. The first-order valence-electron chi connectivity index (χ1n) is 3.48. The molecular formula is C6H14Cl6FKO4Ti. The Hall–Kier alpha value is 3.86. The fraction of sp³-hybridized carbons (Fsp3) is 1.00. The van der Waals surface area contributed by atoms with E-state index < -0.39 is 32.3 Å². The van der Waals surface area contributed by atoms with Gasteiger partial charge in [-0.1, -0.05) is 4.53 Å². The van der Waals surface area contributed by atoms with Gasteiger partial charge in [-0.25, -0.2) is 5.31 Å². The van der Waals surface area contributed by atoms with Gasteiger partial charge in [-0.2, -0.15) is 0 Å². The summed E-state index contributed by atoms with van der Waals surface area (Å²) >= 11 is 35.3. The van der Waals surface area contributed by atoms with Crippen molar-refractivity contribution in [3.63, 3.8) is 0 Å². The number of rotatable bonds is 0. The van der Waals surface area contributed by atoms with Crippen LogP contribution in [0.2, 0.25) is 0 Å². The molecule has 13 heteroatoms. The van der Waals surface area contributed by atoms with Gasteiger partial charge in [0.25, 0.3) is 0 Å². The van der Waals surface area contributed by atoms with Crippen LogP contribution in [0, 0.1) is 0 Å². The molecule has 1 saturated carbocycles.